The molecule has 10 nitrogen and oxygen atoms in total. The second kappa shape index (κ2) is 7.75. The van der Waals surface area contributed by atoms with Crippen molar-refractivity contribution in [2.45, 2.75) is 12.8 Å². The van der Waals surface area contributed by atoms with Gasteiger partial charge in [-0.1, -0.05) is 0 Å². The molecule has 0 aliphatic carbocycles. The van der Waals surface area contributed by atoms with Gasteiger partial charge in [-0.25, -0.2) is 24.6 Å². The normalized spacial score (nSPS) is 21.5. The minimum absolute atomic E-state index is 0.0589. The van der Waals surface area contributed by atoms with Gasteiger partial charge in [0.15, 0.2) is 5.82 Å². The number of piperidine rings is 1. The van der Waals surface area contributed by atoms with Gasteiger partial charge < -0.3 is 9.64 Å². The zero-order chi connectivity index (χ0) is 17.8. The smallest absolute Gasteiger partial charge is 0.239 e. The molecule has 10 heteroatoms. The monoisotopic (exact) mass is 358 g/mol. The van der Waals surface area contributed by atoms with Gasteiger partial charge in [0.05, 0.1) is 19.1 Å². The van der Waals surface area contributed by atoms with E-state index in [9.17, 15) is 4.79 Å². The molecule has 0 radical (unpaired) electrons. The van der Waals surface area contributed by atoms with Crippen LogP contribution in [0.25, 0.3) is 5.82 Å². The molecule has 1 N–H and O–H groups in total. The number of ether oxygens (including phenoxy) is 1. The van der Waals surface area contributed by atoms with Gasteiger partial charge >= 0.3 is 0 Å². The summed E-state index contributed by atoms with van der Waals surface area (Å²) >= 11 is 0. The van der Waals surface area contributed by atoms with Gasteiger partial charge in [-0.3, -0.25) is 10.2 Å². The first-order valence-electron chi connectivity index (χ1n) is 8.85. The maximum Gasteiger partial charge on any atom is 0.239 e. The van der Waals surface area contributed by atoms with Crippen LogP contribution in [0.3, 0.4) is 0 Å². The molecule has 0 spiro atoms. The van der Waals surface area contributed by atoms with E-state index in [0.717, 1.165) is 38.3 Å². The van der Waals surface area contributed by atoms with E-state index in [-0.39, 0.29) is 11.8 Å². The second-order valence-corrected chi connectivity index (χ2v) is 6.44. The summed E-state index contributed by atoms with van der Waals surface area (Å²) in [5.41, 5.74) is 3.03. The first kappa shape index (κ1) is 16.9. The fraction of sp³-hybridized carbons (Fsp3) is 0.562. The van der Waals surface area contributed by atoms with Crippen molar-refractivity contribution < 1.29 is 9.53 Å². The molecule has 0 aromatic carbocycles. The van der Waals surface area contributed by atoms with Crippen molar-refractivity contribution in [1.29, 1.82) is 0 Å². The Balaban J connectivity index is 1.41. The Hall–Kier alpha value is -2.59. The number of hydrogen-bond acceptors (Lipinski definition) is 8. The fourth-order valence-corrected chi connectivity index (χ4v) is 3.28. The van der Waals surface area contributed by atoms with Gasteiger partial charge in [0.25, 0.3) is 0 Å². The largest absolute Gasteiger partial charge is 0.379 e. The molecule has 2 aliphatic rings. The lowest BCUT2D eigenvalue weighted by Gasteiger charge is -2.34. The molecule has 0 bridgehead atoms. The van der Waals surface area contributed by atoms with E-state index < -0.39 is 0 Å². The van der Waals surface area contributed by atoms with E-state index in [2.05, 4.69) is 30.4 Å². The SMILES string of the molecule is O=C(NN1CCOCC1)C1CCCN(c2cc(-n3cncn3)ncn2)C1. The number of aromatic nitrogens is 5. The Bertz CT molecular complexity index is 732. The summed E-state index contributed by atoms with van der Waals surface area (Å²) in [6.07, 6.45) is 6.41. The highest BCUT2D eigenvalue weighted by molar-refractivity contribution is 5.79. The molecule has 2 aromatic heterocycles. The van der Waals surface area contributed by atoms with Crippen LogP contribution in [0.1, 0.15) is 12.8 Å². The van der Waals surface area contributed by atoms with Crippen molar-refractivity contribution in [1.82, 2.24) is 35.2 Å². The number of anilines is 1. The third-order valence-corrected chi connectivity index (χ3v) is 4.69. The molecule has 2 aliphatic heterocycles. The molecule has 2 saturated heterocycles. The number of hydrogen-bond donors (Lipinski definition) is 1. The van der Waals surface area contributed by atoms with Gasteiger partial charge in [-0.05, 0) is 12.8 Å². The molecule has 2 aromatic rings. The van der Waals surface area contributed by atoms with E-state index >= 15 is 0 Å². The van der Waals surface area contributed by atoms with Gasteiger partial charge in [0.1, 0.15) is 24.8 Å². The number of morpholine rings is 1. The number of nitrogens with one attached hydrogen (secondary N) is 1. The predicted molar refractivity (Wildman–Crippen MR) is 92.4 cm³/mol. The van der Waals surface area contributed by atoms with Crippen LogP contribution < -0.4 is 10.3 Å². The second-order valence-electron chi connectivity index (χ2n) is 6.44. The highest BCUT2D eigenvalue weighted by Gasteiger charge is 2.28. The van der Waals surface area contributed by atoms with Gasteiger partial charge in [-0.15, -0.1) is 0 Å². The van der Waals surface area contributed by atoms with Crippen molar-refractivity contribution in [3.8, 4) is 5.82 Å². The molecule has 138 valence electrons. The average molecular weight is 358 g/mol. The number of amides is 1. The summed E-state index contributed by atoms with van der Waals surface area (Å²) < 4.78 is 6.91. The Kier molecular flexibility index (Phi) is 5.02. The molecule has 1 atom stereocenters. The summed E-state index contributed by atoms with van der Waals surface area (Å²) in [4.78, 5) is 27.3. The molecule has 1 amide bonds. The van der Waals surface area contributed by atoms with Crippen LogP contribution in [0.4, 0.5) is 5.82 Å². The van der Waals surface area contributed by atoms with Crippen LogP contribution in [0.5, 0.6) is 0 Å². The predicted octanol–water partition coefficient (Wildman–Crippen LogP) is -0.363. The number of nitrogens with zero attached hydrogens (tertiary/aromatic N) is 7. The molecule has 1 unspecified atom stereocenters. The minimum Gasteiger partial charge on any atom is -0.379 e. The van der Waals surface area contributed by atoms with Crippen LogP contribution in [0.15, 0.2) is 25.0 Å². The average Bonchev–Trinajstić information content (AvgIpc) is 3.24. The first-order chi connectivity index (χ1) is 12.8. The number of carbonyl (C=O) groups excluding carboxylic acids is 1. The lowest BCUT2D eigenvalue weighted by atomic mass is 9.97. The summed E-state index contributed by atoms with van der Waals surface area (Å²) in [7, 11) is 0. The number of hydrazine groups is 1. The third-order valence-electron chi connectivity index (χ3n) is 4.69. The van der Waals surface area contributed by atoms with Crippen LogP contribution >= 0.6 is 0 Å². The van der Waals surface area contributed by atoms with Crippen molar-refractivity contribution in [3.63, 3.8) is 0 Å². The summed E-state index contributed by atoms with van der Waals surface area (Å²) in [6, 6.07) is 1.87. The summed E-state index contributed by atoms with van der Waals surface area (Å²) in [5.74, 6) is 1.47. The molecule has 2 fully saturated rings. The lowest BCUT2D eigenvalue weighted by Crippen LogP contribution is -2.52. The highest BCUT2D eigenvalue weighted by atomic mass is 16.5. The third kappa shape index (κ3) is 3.81. The van der Waals surface area contributed by atoms with Crippen LogP contribution in [-0.2, 0) is 9.53 Å². The summed E-state index contributed by atoms with van der Waals surface area (Å²) in [5, 5.41) is 6.04. The maximum absolute atomic E-state index is 12.6. The van der Waals surface area contributed by atoms with E-state index in [1.54, 1.807) is 11.0 Å². The number of carbonyl (C=O) groups is 1. The zero-order valence-corrected chi connectivity index (χ0v) is 14.5. The van der Waals surface area contributed by atoms with Gasteiger partial charge in [0.2, 0.25) is 5.91 Å². The Morgan fingerprint density at radius 1 is 1.15 bits per heavy atom. The standard InChI is InChI=1S/C16H22N8O2/c25-16(21-23-4-6-26-7-5-23)13-2-1-3-22(9-13)14-8-15(19-11-18-14)24-12-17-10-20-24/h8,10-13H,1-7,9H2,(H,21,25). The molecular weight excluding hydrogens is 336 g/mol. The fourth-order valence-electron chi connectivity index (χ4n) is 3.28. The van der Waals surface area contributed by atoms with E-state index in [1.165, 1.54) is 12.7 Å². The topological polar surface area (TPSA) is 101 Å². The van der Waals surface area contributed by atoms with Gasteiger partial charge in [-0.2, -0.15) is 5.10 Å². The van der Waals surface area contributed by atoms with Crippen LogP contribution in [0, 0.1) is 5.92 Å². The Labute approximate surface area is 151 Å². The van der Waals surface area contributed by atoms with Crippen molar-refractivity contribution in [3.05, 3.63) is 25.0 Å². The van der Waals surface area contributed by atoms with Crippen LogP contribution in [-0.4, -0.2) is 75.0 Å². The Morgan fingerprint density at radius 2 is 2.00 bits per heavy atom. The molecule has 4 heterocycles. The van der Waals surface area contributed by atoms with E-state index in [1.807, 2.05) is 11.1 Å². The van der Waals surface area contributed by atoms with Crippen molar-refractivity contribution >= 4 is 11.7 Å². The molecule has 26 heavy (non-hydrogen) atoms. The lowest BCUT2D eigenvalue weighted by molar-refractivity contribution is -0.132. The maximum atomic E-state index is 12.6. The number of rotatable bonds is 4. The van der Waals surface area contributed by atoms with E-state index in [0.29, 0.717) is 25.6 Å². The first-order valence-corrected chi connectivity index (χ1v) is 8.85. The molecule has 4 rings (SSSR count). The molecule has 0 saturated carbocycles. The Morgan fingerprint density at radius 3 is 2.81 bits per heavy atom. The zero-order valence-electron chi connectivity index (χ0n) is 14.5. The van der Waals surface area contributed by atoms with Gasteiger partial charge in [0, 0.05) is 32.2 Å². The highest BCUT2D eigenvalue weighted by Crippen LogP contribution is 2.22. The van der Waals surface area contributed by atoms with E-state index in [4.69, 9.17) is 4.74 Å². The van der Waals surface area contributed by atoms with Crippen LogP contribution in [0.2, 0.25) is 0 Å². The minimum atomic E-state index is -0.0589. The summed E-state index contributed by atoms with van der Waals surface area (Å²) in [6.45, 7) is 4.29. The van der Waals surface area contributed by atoms with Crippen molar-refractivity contribution in [2.75, 3.05) is 44.3 Å². The molecular formula is C16H22N8O2. The quantitative estimate of drug-likeness (QED) is 0.791. The van der Waals surface area contributed by atoms with Crippen molar-refractivity contribution in [2.24, 2.45) is 5.92 Å².